The first-order chi connectivity index (χ1) is 8.93. The molecule has 1 aromatic carbocycles. The van der Waals surface area contributed by atoms with Crippen molar-refractivity contribution in [1.82, 2.24) is 0 Å². The van der Waals surface area contributed by atoms with Crippen LogP contribution in [0.1, 0.15) is 27.7 Å². The van der Waals surface area contributed by atoms with Gasteiger partial charge in [-0.2, -0.15) is 11.1 Å². The quantitative estimate of drug-likeness (QED) is 0.456. The molecule has 1 nitrogen and oxygen atoms in total. The molecule has 125 valence electrons. The van der Waals surface area contributed by atoms with Crippen LogP contribution in [0, 0.1) is 12.0 Å². The molecule has 0 aromatic heterocycles. The van der Waals surface area contributed by atoms with Crippen LogP contribution < -0.4 is 0 Å². The van der Waals surface area contributed by atoms with Crippen LogP contribution in [0.5, 0.6) is 5.75 Å². The van der Waals surface area contributed by atoms with Crippen molar-refractivity contribution in [1.29, 1.82) is 0 Å². The van der Waals surface area contributed by atoms with Crippen LogP contribution >= 0.6 is 24.8 Å². The number of para-hydroxylation sites is 1. The Balaban J connectivity index is -0.000000114. The number of rotatable bonds is 0. The van der Waals surface area contributed by atoms with Gasteiger partial charge in [-0.05, 0) is 12.1 Å². The monoisotopic (exact) mass is 394 g/mol. The average molecular weight is 395 g/mol. The summed E-state index contributed by atoms with van der Waals surface area (Å²) in [7, 11) is 0.750. The molecule has 0 fully saturated rings. The fourth-order valence-corrected chi connectivity index (χ4v) is 1.59. The van der Waals surface area contributed by atoms with Gasteiger partial charge in [0.25, 0.3) is 0 Å². The summed E-state index contributed by atoms with van der Waals surface area (Å²) in [5.74, 6) is 0.882. The molecule has 0 heterocycles. The summed E-state index contributed by atoms with van der Waals surface area (Å²) >= 11 is 0. The summed E-state index contributed by atoms with van der Waals surface area (Å²) in [5.41, 5.74) is 4.25. The van der Waals surface area contributed by atoms with Crippen molar-refractivity contribution in [2.45, 2.75) is 40.8 Å². The van der Waals surface area contributed by atoms with Gasteiger partial charge < -0.3 is 5.11 Å². The zero-order chi connectivity index (χ0) is 14.8. The smallest absolute Gasteiger partial charge is 0.115 e. The molecule has 1 radical (unpaired) electrons. The first kappa shape index (κ1) is 30.0. The van der Waals surface area contributed by atoms with Crippen molar-refractivity contribution in [2.75, 3.05) is 0 Å². The third kappa shape index (κ3) is 12.5. The molecule has 0 saturated heterocycles. The molecule has 1 aromatic rings. The van der Waals surface area contributed by atoms with Crippen LogP contribution in [0.3, 0.4) is 0 Å². The van der Waals surface area contributed by atoms with Crippen LogP contribution in [0.4, 0.5) is 0 Å². The number of phenolic OH excluding ortho intramolecular Hbond substituents is 1. The van der Waals surface area contributed by atoms with E-state index in [-0.39, 0.29) is 46.5 Å². The molecule has 2 rings (SSSR count). The maximum absolute atomic E-state index is 8.63. The maximum Gasteiger partial charge on any atom is 0.115 e. The van der Waals surface area contributed by atoms with E-state index in [0.717, 1.165) is 9.52 Å². The Kier molecular flexibility index (Phi) is 23.6. The number of benzene rings is 1. The minimum Gasteiger partial charge on any atom is -0.508 e. The third-order valence-corrected chi connectivity index (χ3v) is 2.99. The van der Waals surface area contributed by atoms with Gasteiger partial charge in [-0.3, -0.25) is 6.08 Å². The van der Waals surface area contributed by atoms with Crippen molar-refractivity contribution in [3.8, 4) is 5.75 Å². The van der Waals surface area contributed by atoms with E-state index in [0.29, 0.717) is 11.7 Å². The normalized spacial score (nSPS) is 14.6. The molecule has 0 aliphatic heterocycles. The topological polar surface area (TPSA) is 20.2 Å². The fraction of sp³-hybridized carbons (Fsp3) is 0.412. The van der Waals surface area contributed by atoms with Crippen molar-refractivity contribution in [3.05, 3.63) is 53.1 Å². The first-order valence-electron chi connectivity index (χ1n) is 6.69. The van der Waals surface area contributed by atoms with Crippen molar-refractivity contribution in [2.24, 2.45) is 5.92 Å². The van der Waals surface area contributed by atoms with Gasteiger partial charge in [0.1, 0.15) is 5.75 Å². The Labute approximate surface area is 166 Å². The van der Waals surface area contributed by atoms with E-state index < -0.39 is 0 Å². The maximum atomic E-state index is 8.63. The molecule has 1 N–H and O–H groups in total. The van der Waals surface area contributed by atoms with Gasteiger partial charge in [0.2, 0.25) is 0 Å². The largest absolute Gasteiger partial charge is 0.508 e. The first-order valence-corrected chi connectivity index (χ1v) is 9.00. The fourth-order valence-electron chi connectivity index (χ4n) is 1.59. The summed E-state index contributed by atoms with van der Waals surface area (Å²) < 4.78 is 0. The molecule has 0 saturated carbocycles. The van der Waals surface area contributed by atoms with E-state index in [1.165, 1.54) is 16.7 Å². The number of aromatic hydroxyl groups is 1. The molecular weight excluding hydrogens is 367 g/mol. The molecule has 0 spiro atoms. The molecule has 0 amide bonds. The van der Waals surface area contributed by atoms with E-state index in [2.05, 4.69) is 46.9 Å². The van der Waals surface area contributed by atoms with E-state index in [9.17, 15) is 0 Å². The van der Waals surface area contributed by atoms with Crippen LogP contribution in [0.2, 0.25) is 13.1 Å². The minimum absolute atomic E-state index is 0. The van der Waals surface area contributed by atoms with Gasteiger partial charge >= 0.3 is 0 Å². The summed E-state index contributed by atoms with van der Waals surface area (Å²) in [4.78, 5) is 0. The number of hydrogen-bond acceptors (Lipinski definition) is 1. The van der Waals surface area contributed by atoms with Crippen LogP contribution in [-0.4, -0.2) is 14.6 Å². The van der Waals surface area contributed by atoms with Crippen LogP contribution in [0.15, 0.2) is 47.1 Å². The second-order valence-corrected chi connectivity index (χ2v) is 5.87. The van der Waals surface area contributed by atoms with Gasteiger partial charge in [0.15, 0.2) is 0 Å². The van der Waals surface area contributed by atoms with Gasteiger partial charge in [-0.25, -0.2) is 5.57 Å². The number of hydrogen-bond donors (Lipinski definition) is 1. The van der Waals surface area contributed by atoms with Gasteiger partial charge in [0, 0.05) is 31.2 Å². The standard InChI is InChI=1S/C9H13.C6H6O.C2H7Si.2ClH.Ti/c1-6-5-7(2)9(4)8(6)3;7-6-4-2-1-3-5-6;1-3-2;;;/h6H,1-4H3;1-5,7H;3H,1-2H3;2*1H;/q-1;;;;;. The number of phenols is 1. The van der Waals surface area contributed by atoms with E-state index in [1.807, 2.05) is 6.07 Å². The third-order valence-electron chi connectivity index (χ3n) is 2.99. The van der Waals surface area contributed by atoms with E-state index in [4.69, 9.17) is 5.11 Å². The molecule has 1 unspecified atom stereocenters. The zero-order valence-electron chi connectivity index (χ0n) is 14.3. The van der Waals surface area contributed by atoms with E-state index in [1.54, 1.807) is 24.3 Å². The molecule has 1 aliphatic rings. The SMILES string of the molecule is CC1=[C-]C(C)C(C)=C1C.C[SiH]C.Cl.Cl.Oc1ccccc1.[Ti]. The summed E-state index contributed by atoms with van der Waals surface area (Å²) in [6.45, 7) is 13.1. The molecule has 22 heavy (non-hydrogen) atoms. The van der Waals surface area contributed by atoms with Crippen molar-refractivity contribution >= 4 is 34.3 Å². The van der Waals surface area contributed by atoms with Crippen molar-refractivity contribution in [3.63, 3.8) is 0 Å². The Morgan fingerprint density at radius 2 is 1.41 bits per heavy atom. The zero-order valence-corrected chi connectivity index (χ0v) is 18.7. The Hall–Kier alpha value is 0.0112. The van der Waals surface area contributed by atoms with Crippen LogP contribution in [0.25, 0.3) is 0 Å². The average Bonchev–Trinajstić information content (AvgIpc) is 2.59. The van der Waals surface area contributed by atoms with E-state index >= 15 is 0 Å². The summed E-state index contributed by atoms with van der Waals surface area (Å²) in [6, 6.07) is 8.71. The molecule has 1 aliphatic carbocycles. The number of allylic oxidation sites excluding steroid dienone is 4. The predicted molar refractivity (Wildman–Crippen MR) is 101 cm³/mol. The van der Waals surface area contributed by atoms with Gasteiger partial charge in [0.05, 0.1) is 0 Å². The van der Waals surface area contributed by atoms with Gasteiger partial charge in [-0.1, -0.05) is 58.0 Å². The number of halogens is 2. The van der Waals surface area contributed by atoms with Gasteiger partial charge in [-0.15, -0.1) is 31.7 Å². The Morgan fingerprint density at radius 3 is 1.55 bits per heavy atom. The summed E-state index contributed by atoms with van der Waals surface area (Å²) in [5, 5.41) is 8.63. The second kappa shape index (κ2) is 17.4. The van der Waals surface area contributed by atoms with Crippen molar-refractivity contribution < 1.29 is 26.8 Å². The minimum atomic E-state index is 0. The molecular formula is C17H28Cl2OSiTi-. The Bertz CT molecular complexity index is 434. The molecule has 0 bridgehead atoms. The molecule has 1 atom stereocenters. The Morgan fingerprint density at radius 1 is 1.00 bits per heavy atom. The second-order valence-electron chi connectivity index (χ2n) is 4.71. The predicted octanol–water partition coefficient (Wildman–Crippen LogP) is 5.47. The summed E-state index contributed by atoms with van der Waals surface area (Å²) in [6.07, 6.45) is 3.36. The van der Waals surface area contributed by atoms with Crippen LogP contribution in [-0.2, 0) is 21.7 Å². The molecule has 5 heteroatoms.